The normalized spacial score (nSPS) is 21.4. The highest BCUT2D eigenvalue weighted by Gasteiger charge is 2.45. The number of hydrogen-bond donors (Lipinski definition) is 2. The molecule has 94 valence electrons. The van der Waals surface area contributed by atoms with Gasteiger partial charge in [0.05, 0.1) is 0 Å². The molecule has 1 aliphatic rings. The Morgan fingerprint density at radius 1 is 1.38 bits per heavy atom. The summed E-state index contributed by atoms with van der Waals surface area (Å²) in [7, 11) is 0. The lowest BCUT2D eigenvalue weighted by Gasteiger charge is -2.24. The standard InChI is InChI=1S/C9H15F3N2O2/c10-9(11,12)7(8(15)16)6-14-4-1-2-13-3-5-14/h7,13H,1-6H2,(H,15,16). The molecule has 2 N–H and O–H groups in total. The van der Waals surface area contributed by atoms with Gasteiger partial charge in [0.1, 0.15) is 0 Å². The van der Waals surface area contributed by atoms with Crippen molar-refractivity contribution in [1.29, 1.82) is 0 Å². The molecule has 1 unspecified atom stereocenters. The van der Waals surface area contributed by atoms with E-state index >= 15 is 0 Å². The zero-order valence-electron chi connectivity index (χ0n) is 8.76. The summed E-state index contributed by atoms with van der Waals surface area (Å²) in [5.41, 5.74) is 0. The Hall–Kier alpha value is -0.820. The average molecular weight is 240 g/mol. The third kappa shape index (κ3) is 3.97. The van der Waals surface area contributed by atoms with E-state index in [-0.39, 0.29) is 0 Å². The molecule has 0 aromatic heterocycles. The SMILES string of the molecule is O=C(O)C(CN1CCCNCC1)C(F)(F)F. The minimum atomic E-state index is -4.68. The number of nitrogens with one attached hydrogen (secondary N) is 1. The lowest BCUT2D eigenvalue weighted by molar-refractivity contribution is -0.196. The van der Waals surface area contributed by atoms with Crippen molar-refractivity contribution in [3.8, 4) is 0 Å². The summed E-state index contributed by atoms with van der Waals surface area (Å²) in [6, 6.07) is 0. The van der Waals surface area contributed by atoms with E-state index in [1.165, 1.54) is 0 Å². The lowest BCUT2D eigenvalue weighted by atomic mass is 10.1. The van der Waals surface area contributed by atoms with Gasteiger partial charge < -0.3 is 15.3 Å². The molecule has 0 aliphatic carbocycles. The number of halogens is 3. The van der Waals surface area contributed by atoms with Crippen molar-refractivity contribution in [2.45, 2.75) is 12.6 Å². The van der Waals surface area contributed by atoms with E-state index in [1.54, 1.807) is 4.90 Å². The number of aliphatic carboxylic acids is 1. The van der Waals surface area contributed by atoms with Crippen LogP contribution in [0.5, 0.6) is 0 Å². The van der Waals surface area contributed by atoms with Crippen LogP contribution in [0.1, 0.15) is 6.42 Å². The van der Waals surface area contributed by atoms with Crippen LogP contribution in [0.15, 0.2) is 0 Å². The molecule has 0 radical (unpaired) electrons. The van der Waals surface area contributed by atoms with Crippen LogP contribution < -0.4 is 5.32 Å². The Morgan fingerprint density at radius 3 is 2.62 bits per heavy atom. The molecule has 1 aliphatic heterocycles. The smallest absolute Gasteiger partial charge is 0.403 e. The third-order valence-electron chi connectivity index (χ3n) is 2.57. The molecule has 1 fully saturated rings. The van der Waals surface area contributed by atoms with Crippen LogP contribution in [-0.4, -0.2) is 54.9 Å². The summed E-state index contributed by atoms with van der Waals surface area (Å²) in [6.45, 7) is 1.87. The number of carbonyl (C=O) groups is 1. The van der Waals surface area contributed by atoms with E-state index in [4.69, 9.17) is 5.11 Å². The van der Waals surface area contributed by atoms with Crippen molar-refractivity contribution in [1.82, 2.24) is 10.2 Å². The van der Waals surface area contributed by atoms with Gasteiger partial charge in [0.2, 0.25) is 0 Å². The number of alkyl halides is 3. The molecule has 0 amide bonds. The van der Waals surface area contributed by atoms with Gasteiger partial charge in [-0.25, -0.2) is 0 Å². The Morgan fingerprint density at radius 2 is 2.06 bits per heavy atom. The largest absolute Gasteiger partial charge is 0.481 e. The van der Waals surface area contributed by atoms with Gasteiger partial charge in [0.25, 0.3) is 0 Å². The highest BCUT2D eigenvalue weighted by molar-refractivity contribution is 5.71. The molecular weight excluding hydrogens is 225 g/mol. The predicted octanol–water partition coefficient (Wildman–Crippen LogP) is 0.545. The Labute approximate surface area is 91.4 Å². The van der Waals surface area contributed by atoms with Crippen molar-refractivity contribution in [3.05, 3.63) is 0 Å². The fourth-order valence-corrected chi connectivity index (χ4v) is 1.66. The number of nitrogens with zero attached hydrogens (tertiary/aromatic N) is 1. The summed E-state index contributed by atoms with van der Waals surface area (Å²) < 4.78 is 37.2. The number of rotatable bonds is 3. The maximum absolute atomic E-state index is 12.4. The quantitative estimate of drug-likeness (QED) is 0.756. The number of carboxylic acid groups (broad SMARTS) is 1. The van der Waals surface area contributed by atoms with Gasteiger partial charge in [-0.15, -0.1) is 0 Å². The van der Waals surface area contributed by atoms with Crippen LogP contribution >= 0.6 is 0 Å². The van der Waals surface area contributed by atoms with Crippen LogP contribution in [0.25, 0.3) is 0 Å². The molecule has 0 aromatic rings. The maximum atomic E-state index is 12.4. The molecule has 4 nitrogen and oxygen atoms in total. The van der Waals surface area contributed by atoms with E-state index in [1.807, 2.05) is 0 Å². The van der Waals surface area contributed by atoms with Crippen molar-refractivity contribution in [3.63, 3.8) is 0 Å². The van der Waals surface area contributed by atoms with Gasteiger partial charge in [-0.1, -0.05) is 0 Å². The molecule has 0 bridgehead atoms. The molecule has 1 heterocycles. The second-order valence-corrected chi connectivity index (χ2v) is 3.84. The van der Waals surface area contributed by atoms with Crippen molar-refractivity contribution >= 4 is 5.97 Å². The maximum Gasteiger partial charge on any atom is 0.403 e. The van der Waals surface area contributed by atoms with Crippen molar-refractivity contribution in [2.24, 2.45) is 5.92 Å². The van der Waals surface area contributed by atoms with E-state index in [2.05, 4.69) is 5.32 Å². The molecule has 1 saturated heterocycles. The molecule has 1 rings (SSSR count). The fourth-order valence-electron chi connectivity index (χ4n) is 1.66. The molecule has 0 spiro atoms. The van der Waals surface area contributed by atoms with Crippen molar-refractivity contribution in [2.75, 3.05) is 32.7 Å². The van der Waals surface area contributed by atoms with E-state index < -0.39 is 24.6 Å². The molecular formula is C9H15F3N2O2. The number of carboxylic acids is 1. The van der Waals surface area contributed by atoms with Crippen LogP contribution in [0, 0.1) is 5.92 Å². The van der Waals surface area contributed by atoms with Crippen LogP contribution in [0.4, 0.5) is 13.2 Å². The first kappa shape index (κ1) is 13.2. The Kier molecular flexibility index (Phi) is 4.55. The van der Waals surface area contributed by atoms with Gasteiger partial charge in [0.15, 0.2) is 5.92 Å². The zero-order valence-corrected chi connectivity index (χ0v) is 8.76. The van der Waals surface area contributed by atoms with Crippen LogP contribution in [-0.2, 0) is 4.79 Å². The fraction of sp³-hybridized carbons (Fsp3) is 0.889. The predicted molar refractivity (Wildman–Crippen MR) is 51.1 cm³/mol. The van der Waals surface area contributed by atoms with Gasteiger partial charge >= 0.3 is 12.1 Å². The zero-order chi connectivity index (χ0) is 12.2. The first-order valence-electron chi connectivity index (χ1n) is 5.14. The average Bonchev–Trinajstić information content (AvgIpc) is 2.39. The molecule has 0 aromatic carbocycles. The van der Waals surface area contributed by atoms with E-state index in [0.29, 0.717) is 19.6 Å². The molecule has 0 saturated carbocycles. The first-order chi connectivity index (χ1) is 7.41. The minimum absolute atomic E-state index is 0.458. The van der Waals surface area contributed by atoms with Gasteiger partial charge in [-0.2, -0.15) is 13.2 Å². The topological polar surface area (TPSA) is 52.6 Å². The monoisotopic (exact) mass is 240 g/mol. The van der Waals surface area contributed by atoms with Gasteiger partial charge in [-0.05, 0) is 19.5 Å². The molecule has 1 atom stereocenters. The summed E-state index contributed by atoms with van der Waals surface area (Å²) in [5, 5.41) is 11.6. The van der Waals surface area contributed by atoms with Crippen LogP contribution in [0.2, 0.25) is 0 Å². The summed E-state index contributed by atoms with van der Waals surface area (Å²) >= 11 is 0. The second-order valence-electron chi connectivity index (χ2n) is 3.84. The van der Waals surface area contributed by atoms with Crippen molar-refractivity contribution < 1.29 is 23.1 Å². The molecule has 16 heavy (non-hydrogen) atoms. The third-order valence-corrected chi connectivity index (χ3v) is 2.57. The summed E-state index contributed by atoms with van der Waals surface area (Å²) in [6.07, 6.45) is -3.93. The van der Waals surface area contributed by atoms with Crippen LogP contribution in [0.3, 0.4) is 0 Å². The Bertz CT molecular complexity index is 237. The number of hydrogen-bond acceptors (Lipinski definition) is 3. The summed E-state index contributed by atoms with van der Waals surface area (Å²) in [5.74, 6) is -4.09. The first-order valence-corrected chi connectivity index (χ1v) is 5.14. The highest BCUT2D eigenvalue weighted by Crippen LogP contribution is 2.27. The molecule has 7 heteroatoms. The lowest BCUT2D eigenvalue weighted by Crippen LogP contribution is -2.42. The Balaban J connectivity index is 2.56. The van der Waals surface area contributed by atoms with E-state index in [0.717, 1.165) is 13.0 Å². The van der Waals surface area contributed by atoms with Gasteiger partial charge in [0, 0.05) is 19.6 Å². The second kappa shape index (κ2) is 5.49. The summed E-state index contributed by atoms with van der Waals surface area (Å²) in [4.78, 5) is 12.1. The minimum Gasteiger partial charge on any atom is -0.481 e. The van der Waals surface area contributed by atoms with Gasteiger partial charge in [-0.3, -0.25) is 4.79 Å². The van der Waals surface area contributed by atoms with E-state index in [9.17, 15) is 18.0 Å². The highest BCUT2D eigenvalue weighted by atomic mass is 19.4.